The number of aryl methyl sites for hydroxylation is 2. The van der Waals surface area contributed by atoms with Gasteiger partial charge in [0, 0.05) is 18.8 Å². The third-order valence-corrected chi connectivity index (χ3v) is 5.74. The zero-order chi connectivity index (χ0) is 20.6. The molecule has 0 fully saturated rings. The van der Waals surface area contributed by atoms with Crippen LogP contribution in [0, 0.1) is 6.92 Å². The van der Waals surface area contributed by atoms with Gasteiger partial charge in [0.2, 0.25) is 0 Å². The molecule has 0 radical (unpaired) electrons. The van der Waals surface area contributed by atoms with E-state index in [0.29, 0.717) is 5.17 Å². The fourth-order valence-corrected chi connectivity index (χ4v) is 4.05. The van der Waals surface area contributed by atoms with E-state index in [4.69, 9.17) is 17.0 Å². The first-order valence-corrected chi connectivity index (χ1v) is 10.9. The number of likely N-dealkylation sites (N-methyl/N-ethyl adjacent to an activating group) is 1. The van der Waals surface area contributed by atoms with Gasteiger partial charge in [-0.1, -0.05) is 42.3 Å². The molecule has 2 aromatic carbocycles. The number of fused-ring (bicyclic) bond motifs is 1. The van der Waals surface area contributed by atoms with Crippen molar-refractivity contribution in [3.8, 4) is 5.75 Å². The summed E-state index contributed by atoms with van der Waals surface area (Å²) in [6.45, 7) is 8.86. The molecule has 0 N–H and O–H groups in total. The summed E-state index contributed by atoms with van der Waals surface area (Å²) in [7, 11) is 2.15. The molecule has 29 heavy (non-hydrogen) atoms. The SMILES string of the molecule is C=CCN(C)CCCCCc1ccc2c(c1)CCN2C(=S)Oc1ccc(C)cc1. The molecule has 0 aliphatic carbocycles. The van der Waals surface area contributed by atoms with Gasteiger partial charge in [0.05, 0.1) is 0 Å². The van der Waals surface area contributed by atoms with Crippen LogP contribution in [0.15, 0.2) is 55.1 Å². The number of hydrogen-bond donors (Lipinski definition) is 0. The van der Waals surface area contributed by atoms with E-state index in [1.54, 1.807) is 0 Å². The third-order valence-electron chi connectivity index (χ3n) is 5.43. The first kappa shape index (κ1) is 21.5. The van der Waals surface area contributed by atoms with Gasteiger partial charge in [-0.3, -0.25) is 0 Å². The van der Waals surface area contributed by atoms with Crippen LogP contribution in [0.1, 0.15) is 36.0 Å². The monoisotopic (exact) mass is 408 g/mol. The van der Waals surface area contributed by atoms with Crippen LogP contribution in [-0.2, 0) is 12.8 Å². The smallest absolute Gasteiger partial charge is 0.269 e. The Morgan fingerprint density at radius 3 is 2.72 bits per heavy atom. The zero-order valence-corrected chi connectivity index (χ0v) is 18.5. The number of anilines is 1. The molecule has 1 aliphatic rings. The summed E-state index contributed by atoms with van der Waals surface area (Å²) in [5.74, 6) is 0.796. The number of rotatable bonds is 9. The van der Waals surface area contributed by atoms with E-state index in [9.17, 15) is 0 Å². The van der Waals surface area contributed by atoms with Crippen molar-refractivity contribution >= 4 is 23.1 Å². The van der Waals surface area contributed by atoms with E-state index in [1.165, 1.54) is 41.6 Å². The first-order valence-electron chi connectivity index (χ1n) is 10.5. The van der Waals surface area contributed by atoms with Crippen molar-refractivity contribution in [1.82, 2.24) is 4.90 Å². The Kier molecular flexibility index (Phi) is 7.84. The second-order valence-electron chi connectivity index (χ2n) is 7.91. The van der Waals surface area contributed by atoms with Crippen LogP contribution in [0.2, 0.25) is 0 Å². The highest BCUT2D eigenvalue weighted by Gasteiger charge is 2.23. The van der Waals surface area contributed by atoms with E-state index >= 15 is 0 Å². The van der Waals surface area contributed by atoms with Gasteiger partial charge in [-0.25, -0.2) is 0 Å². The summed E-state index contributed by atoms with van der Waals surface area (Å²) in [6.07, 6.45) is 7.87. The maximum Gasteiger partial charge on any atom is 0.269 e. The Balaban J connectivity index is 1.49. The molecule has 0 unspecified atom stereocenters. The predicted octanol–water partition coefficient (Wildman–Crippen LogP) is 5.55. The predicted molar refractivity (Wildman–Crippen MR) is 127 cm³/mol. The molecule has 2 aromatic rings. The molecular formula is C25H32N2OS. The van der Waals surface area contributed by atoms with Crippen LogP contribution in [0.5, 0.6) is 5.75 Å². The lowest BCUT2D eigenvalue weighted by Crippen LogP contribution is -2.31. The summed E-state index contributed by atoms with van der Waals surface area (Å²) < 4.78 is 5.92. The van der Waals surface area contributed by atoms with Gasteiger partial charge in [-0.15, -0.1) is 6.58 Å². The van der Waals surface area contributed by atoms with Crippen LogP contribution in [0.4, 0.5) is 5.69 Å². The molecule has 0 saturated heterocycles. The van der Waals surface area contributed by atoms with E-state index in [1.807, 2.05) is 30.3 Å². The molecule has 0 spiro atoms. The van der Waals surface area contributed by atoms with E-state index < -0.39 is 0 Å². The van der Waals surface area contributed by atoms with Crippen LogP contribution in [0.3, 0.4) is 0 Å². The molecule has 154 valence electrons. The van der Waals surface area contributed by atoms with Crippen molar-refractivity contribution in [1.29, 1.82) is 0 Å². The van der Waals surface area contributed by atoms with Crippen LogP contribution in [-0.4, -0.2) is 36.8 Å². The summed E-state index contributed by atoms with van der Waals surface area (Å²) in [5, 5.41) is 0.531. The number of hydrogen-bond acceptors (Lipinski definition) is 3. The molecule has 4 heteroatoms. The van der Waals surface area contributed by atoms with Gasteiger partial charge in [-0.05, 0) is 87.7 Å². The van der Waals surface area contributed by atoms with E-state index in [2.05, 4.69) is 48.5 Å². The van der Waals surface area contributed by atoms with Crippen molar-refractivity contribution in [3.63, 3.8) is 0 Å². The van der Waals surface area contributed by atoms with Gasteiger partial charge in [-0.2, -0.15) is 0 Å². The molecular weight excluding hydrogens is 376 g/mol. The first-order chi connectivity index (χ1) is 14.1. The average Bonchev–Trinajstić information content (AvgIpc) is 3.13. The van der Waals surface area contributed by atoms with Crippen LogP contribution in [0.25, 0.3) is 0 Å². The van der Waals surface area contributed by atoms with Crippen molar-refractivity contribution in [3.05, 3.63) is 71.8 Å². The molecule has 3 rings (SSSR count). The van der Waals surface area contributed by atoms with Crippen molar-refractivity contribution in [2.24, 2.45) is 0 Å². The molecule has 1 heterocycles. The number of unbranched alkanes of at least 4 members (excludes halogenated alkanes) is 2. The average molecular weight is 409 g/mol. The summed E-state index contributed by atoms with van der Waals surface area (Å²) in [5.41, 5.74) is 5.21. The highest BCUT2D eigenvalue weighted by Crippen LogP contribution is 2.30. The summed E-state index contributed by atoms with van der Waals surface area (Å²) in [6, 6.07) is 14.8. The van der Waals surface area contributed by atoms with Crippen molar-refractivity contribution in [2.45, 2.75) is 39.0 Å². The number of nitrogens with zero attached hydrogens (tertiary/aromatic N) is 2. The van der Waals surface area contributed by atoms with E-state index in [-0.39, 0.29) is 0 Å². The lowest BCUT2D eigenvalue weighted by Gasteiger charge is -2.20. The summed E-state index contributed by atoms with van der Waals surface area (Å²) in [4.78, 5) is 4.43. The summed E-state index contributed by atoms with van der Waals surface area (Å²) >= 11 is 5.57. The molecule has 3 nitrogen and oxygen atoms in total. The Morgan fingerprint density at radius 1 is 1.17 bits per heavy atom. The van der Waals surface area contributed by atoms with E-state index in [0.717, 1.165) is 38.2 Å². The topological polar surface area (TPSA) is 15.7 Å². The quantitative estimate of drug-likeness (QED) is 0.307. The van der Waals surface area contributed by atoms with Gasteiger partial charge in [0.15, 0.2) is 0 Å². The van der Waals surface area contributed by atoms with Gasteiger partial charge < -0.3 is 14.5 Å². The maximum absolute atomic E-state index is 5.92. The number of benzene rings is 2. The Morgan fingerprint density at radius 2 is 1.97 bits per heavy atom. The molecule has 1 aliphatic heterocycles. The third kappa shape index (κ3) is 6.15. The number of thiocarbonyl (C=S) groups is 1. The standard InChI is InChI=1S/C25H32N2OS/c1-4-16-26(3)17-7-5-6-8-21-11-14-24-22(19-21)15-18-27(24)25(29)28-23-12-9-20(2)10-13-23/h4,9-14,19H,1,5-8,15-18H2,2-3H3. The largest absolute Gasteiger partial charge is 0.432 e. The minimum atomic E-state index is 0.531. The van der Waals surface area contributed by atoms with Crippen LogP contribution < -0.4 is 9.64 Å². The molecule has 0 bridgehead atoms. The fraction of sp³-hybridized carbons (Fsp3) is 0.400. The molecule has 0 aromatic heterocycles. The van der Waals surface area contributed by atoms with Crippen LogP contribution >= 0.6 is 12.2 Å². The Hall–Kier alpha value is -2.17. The molecule has 0 saturated carbocycles. The van der Waals surface area contributed by atoms with Gasteiger partial charge in [0.1, 0.15) is 5.75 Å². The normalized spacial score (nSPS) is 12.9. The van der Waals surface area contributed by atoms with Gasteiger partial charge >= 0.3 is 0 Å². The maximum atomic E-state index is 5.92. The second kappa shape index (κ2) is 10.6. The van der Waals surface area contributed by atoms with Crippen molar-refractivity contribution in [2.75, 3.05) is 31.6 Å². The highest BCUT2D eigenvalue weighted by molar-refractivity contribution is 7.80. The number of ether oxygens (including phenoxy) is 1. The Bertz CT molecular complexity index is 831. The fourth-order valence-electron chi connectivity index (χ4n) is 3.76. The Labute approximate surface area is 181 Å². The molecule has 0 amide bonds. The van der Waals surface area contributed by atoms with Crippen molar-refractivity contribution < 1.29 is 4.74 Å². The second-order valence-corrected chi connectivity index (χ2v) is 8.26. The highest BCUT2D eigenvalue weighted by atomic mass is 32.1. The lowest BCUT2D eigenvalue weighted by molar-refractivity contribution is 0.358. The zero-order valence-electron chi connectivity index (χ0n) is 17.7. The van der Waals surface area contributed by atoms with Gasteiger partial charge in [0.25, 0.3) is 5.17 Å². The molecule has 0 atom stereocenters. The lowest BCUT2D eigenvalue weighted by atomic mass is 10.0. The minimum absolute atomic E-state index is 0.531. The minimum Gasteiger partial charge on any atom is -0.432 e.